The second-order valence-electron chi connectivity index (χ2n) is 6.62. The molecule has 0 bridgehead atoms. The molecule has 0 saturated carbocycles. The van der Waals surface area contributed by atoms with E-state index in [2.05, 4.69) is 10.1 Å². The van der Waals surface area contributed by atoms with Crippen LogP contribution in [-0.2, 0) is 28.6 Å². The smallest absolute Gasteiger partial charge is 0.343 e. The van der Waals surface area contributed by atoms with E-state index in [1.165, 1.54) is 21.3 Å². The van der Waals surface area contributed by atoms with Gasteiger partial charge in [0.2, 0.25) is 0 Å². The van der Waals surface area contributed by atoms with E-state index in [1.807, 2.05) is 0 Å². The predicted molar refractivity (Wildman–Crippen MR) is 110 cm³/mol. The monoisotopic (exact) mass is 433 g/mol. The van der Waals surface area contributed by atoms with E-state index in [-0.39, 0.29) is 24.4 Å². The molecule has 1 aliphatic rings. The summed E-state index contributed by atoms with van der Waals surface area (Å²) >= 11 is 0. The van der Waals surface area contributed by atoms with Gasteiger partial charge in [0, 0.05) is 11.4 Å². The van der Waals surface area contributed by atoms with E-state index in [0.717, 1.165) is 0 Å². The first-order valence-corrected chi connectivity index (χ1v) is 9.60. The first-order valence-electron chi connectivity index (χ1n) is 9.60. The van der Waals surface area contributed by atoms with Crippen molar-refractivity contribution in [3.05, 3.63) is 46.3 Å². The molecule has 1 unspecified atom stereocenters. The topological polar surface area (TPSA) is 109 Å². The number of hydrogen-bond acceptors (Lipinski definition) is 9. The number of benzene rings is 1. The Morgan fingerprint density at radius 2 is 1.58 bits per heavy atom. The summed E-state index contributed by atoms with van der Waals surface area (Å²) in [5.41, 5.74) is 2.29. The molecule has 1 aliphatic heterocycles. The van der Waals surface area contributed by atoms with Gasteiger partial charge in [0.1, 0.15) is 0 Å². The second-order valence-corrected chi connectivity index (χ2v) is 6.62. The summed E-state index contributed by atoms with van der Waals surface area (Å²) < 4.78 is 25.6. The van der Waals surface area contributed by atoms with Crippen LogP contribution in [0.4, 0.5) is 0 Å². The average molecular weight is 433 g/mol. The number of ether oxygens (including phenoxy) is 5. The van der Waals surface area contributed by atoms with Crippen molar-refractivity contribution in [1.82, 2.24) is 5.32 Å². The Hall–Kier alpha value is -3.49. The van der Waals surface area contributed by atoms with Crippen LogP contribution in [0.5, 0.6) is 11.5 Å². The van der Waals surface area contributed by atoms with Gasteiger partial charge in [-0.1, -0.05) is 6.07 Å². The third kappa shape index (κ3) is 5.17. The van der Waals surface area contributed by atoms with Gasteiger partial charge in [-0.15, -0.1) is 0 Å². The number of nitrogens with one attached hydrogen (secondary N) is 1. The Morgan fingerprint density at radius 3 is 2.13 bits per heavy atom. The third-order valence-electron chi connectivity index (χ3n) is 4.76. The molecule has 0 radical (unpaired) electrons. The molecular formula is C22H27NO8. The largest absolute Gasteiger partial charge is 0.493 e. The molecule has 31 heavy (non-hydrogen) atoms. The number of methoxy groups -OCH3 is 3. The van der Waals surface area contributed by atoms with Crippen molar-refractivity contribution >= 4 is 17.9 Å². The number of carbonyl (C=O) groups excluding carboxylic acids is 3. The maximum Gasteiger partial charge on any atom is 0.343 e. The van der Waals surface area contributed by atoms with Crippen molar-refractivity contribution in [3.63, 3.8) is 0 Å². The fraction of sp³-hybridized carbons (Fsp3) is 0.409. The molecule has 0 spiro atoms. The molecule has 1 aromatic carbocycles. The molecule has 0 aromatic heterocycles. The Labute approximate surface area is 180 Å². The molecule has 1 atom stereocenters. The van der Waals surface area contributed by atoms with E-state index in [1.54, 1.807) is 39.0 Å². The third-order valence-corrected chi connectivity index (χ3v) is 4.76. The maximum atomic E-state index is 12.8. The first kappa shape index (κ1) is 23.8. The molecule has 1 aromatic rings. The van der Waals surface area contributed by atoms with Crippen molar-refractivity contribution in [2.45, 2.75) is 26.7 Å². The minimum atomic E-state index is -0.753. The zero-order chi connectivity index (χ0) is 23.1. The van der Waals surface area contributed by atoms with Gasteiger partial charge in [0.25, 0.3) is 0 Å². The molecule has 1 N–H and O–H groups in total. The van der Waals surface area contributed by atoms with Gasteiger partial charge in [-0.05, 0) is 38.5 Å². The molecule has 9 nitrogen and oxygen atoms in total. The molecule has 0 fully saturated rings. The van der Waals surface area contributed by atoms with Crippen LogP contribution in [-0.4, -0.2) is 52.5 Å². The average Bonchev–Trinajstić information content (AvgIpc) is 2.76. The summed E-state index contributed by atoms with van der Waals surface area (Å²) in [4.78, 5) is 36.8. The van der Waals surface area contributed by atoms with Crippen molar-refractivity contribution in [1.29, 1.82) is 0 Å². The van der Waals surface area contributed by atoms with Crippen LogP contribution >= 0.6 is 0 Å². The molecule has 0 aliphatic carbocycles. The predicted octanol–water partition coefficient (Wildman–Crippen LogP) is 2.22. The zero-order valence-corrected chi connectivity index (χ0v) is 18.5. The van der Waals surface area contributed by atoms with E-state index in [4.69, 9.17) is 18.9 Å². The highest BCUT2D eigenvalue weighted by molar-refractivity contribution is 5.99. The molecular weight excluding hydrogens is 406 g/mol. The quantitative estimate of drug-likeness (QED) is 0.487. The van der Waals surface area contributed by atoms with Gasteiger partial charge < -0.3 is 29.0 Å². The van der Waals surface area contributed by atoms with Crippen molar-refractivity contribution in [3.8, 4) is 11.5 Å². The van der Waals surface area contributed by atoms with E-state index in [0.29, 0.717) is 28.5 Å². The number of dihydropyridines is 1. The Bertz CT molecular complexity index is 931. The number of rotatable bonds is 8. The normalized spacial score (nSPS) is 15.7. The fourth-order valence-corrected chi connectivity index (χ4v) is 3.37. The van der Waals surface area contributed by atoms with Crippen LogP contribution in [0.25, 0.3) is 0 Å². The van der Waals surface area contributed by atoms with Crippen molar-refractivity contribution in [2.75, 3.05) is 34.5 Å². The highest BCUT2D eigenvalue weighted by Gasteiger charge is 2.38. The molecule has 0 saturated heterocycles. The highest BCUT2D eigenvalue weighted by Crippen LogP contribution is 2.41. The summed E-state index contributed by atoms with van der Waals surface area (Å²) in [6.07, 6.45) is 0. The molecule has 9 heteroatoms. The van der Waals surface area contributed by atoms with Gasteiger partial charge in [0.05, 0.1) is 45.0 Å². The Balaban J connectivity index is 2.59. The van der Waals surface area contributed by atoms with E-state index in [9.17, 15) is 14.4 Å². The lowest BCUT2D eigenvalue weighted by Gasteiger charge is -2.30. The van der Waals surface area contributed by atoms with Crippen molar-refractivity contribution in [2.24, 2.45) is 0 Å². The van der Waals surface area contributed by atoms with Crippen LogP contribution in [0.15, 0.2) is 40.7 Å². The van der Waals surface area contributed by atoms with Gasteiger partial charge in [-0.2, -0.15) is 0 Å². The second kappa shape index (κ2) is 10.5. The molecule has 1 heterocycles. The standard InChI is InChI=1S/C22H27NO8/c1-7-30-22(26)19-13(3)23-12(2)18(21(25)29-6)20(19)14-8-9-15(16(10-14)27-4)31-11-17(24)28-5/h8-10,20,23H,7,11H2,1-6H3. The summed E-state index contributed by atoms with van der Waals surface area (Å²) in [5.74, 6) is -1.78. The summed E-state index contributed by atoms with van der Waals surface area (Å²) in [6, 6.07) is 4.93. The number of carbonyl (C=O) groups is 3. The van der Waals surface area contributed by atoms with E-state index >= 15 is 0 Å². The maximum absolute atomic E-state index is 12.8. The van der Waals surface area contributed by atoms with Crippen molar-refractivity contribution < 1.29 is 38.1 Å². The first-order chi connectivity index (χ1) is 14.8. The zero-order valence-electron chi connectivity index (χ0n) is 18.5. The van der Waals surface area contributed by atoms with Crippen LogP contribution in [0.3, 0.4) is 0 Å². The number of esters is 3. The minimum Gasteiger partial charge on any atom is -0.493 e. The lowest BCUT2D eigenvalue weighted by atomic mass is 9.80. The molecule has 168 valence electrons. The minimum absolute atomic E-state index is 0.183. The van der Waals surface area contributed by atoms with Gasteiger partial charge in [-0.25, -0.2) is 14.4 Å². The number of hydrogen-bond donors (Lipinski definition) is 1. The lowest BCUT2D eigenvalue weighted by Crippen LogP contribution is -2.32. The lowest BCUT2D eigenvalue weighted by molar-refractivity contribution is -0.143. The Morgan fingerprint density at radius 1 is 0.935 bits per heavy atom. The fourth-order valence-electron chi connectivity index (χ4n) is 3.37. The molecule has 2 rings (SSSR count). The van der Waals surface area contributed by atoms with Crippen LogP contribution in [0.1, 0.15) is 32.3 Å². The Kier molecular flexibility index (Phi) is 8.07. The highest BCUT2D eigenvalue weighted by atomic mass is 16.6. The van der Waals surface area contributed by atoms with Crippen LogP contribution in [0, 0.1) is 0 Å². The summed E-state index contributed by atoms with van der Waals surface area (Å²) in [7, 11) is 3.99. The van der Waals surface area contributed by atoms with Crippen LogP contribution < -0.4 is 14.8 Å². The van der Waals surface area contributed by atoms with E-state index < -0.39 is 23.8 Å². The van der Waals surface area contributed by atoms with Crippen LogP contribution in [0.2, 0.25) is 0 Å². The van der Waals surface area contributed by atoms with Gasteiger partial charge in [-0.3, -0.25) is 0 Å². The summed E-state index contributed by atoms with van der Waals surface area (Å²) in [6.45, 7) is 5.07. The van der Waals surface area contributed by atoms with Gasteiger partial charge in [0.15, 0.2) is 18.1 Å². The van der Waals surface area contributed by atoms with Gasteiger partial charge >= 0.3 is 17.9 Å². The SMILES string of the molecule is CCOC(=O)C1=C(C)NC(C)=C(C(=O)OC)C1c1ccc(OCC(=O)OC)c(OC)c1. The number of allylic oxidation sites excluding steroid dienone is 2. The summed E-state index contributed by atoms with van der Waals surface area (Å²) in [5, 5.41) is 3.06. The molecule has 0 amide bonds.